The van der Waals surface area contributed by atoms with Gasteiger partial charge in [-0.15, -0.1) is 5.23 Å². The molecule has 0 saturated carbocycles. The predicted octanol–water partition coefficient (Wildman–Crippen LogP) is -3.28. The lowest BCUT2D eigenvalue weighted by Gasteiger charge is -2.42. The summed E-state index contributed by atoms with van der Waals surface area (Å²) >= 11 is 0. The van der Waals surface area contributed by atoms with Crippen molar-refractivity contribution in [1.82, 2.24) is 37.5 Å². The van der Waals surface area contributed by atoms with Crippen LogP contribution < -0.4 is 32.2 Å². The molecule has 3 saturated heterocycles. The van der Waals surface area contributed by atoms with E-state index >= 15 is 0 Å². The summed E-state index contributed by atoms with van der Waals surface area (Å²) in [6.07, 6.45) is 0. The van der Waals surface area contributed by atoms with Crippen LogP contribution in [0.25, 0.3) is 0 Å². The molecule has 7 nitrogen and oxygen atoms in total. The molecule has 0 aromatic heterocycles. The Hall–Kier alpha value is -0.280. The fourth-order valence-corrected chi connectivity index (χ4v) is 1.80. The summed E-state index contributed by atoms with van der Waals surface area (Å²) in [5, 5.41) is 11.8. The van der Waals surface area contributed by atoms with Crippen LogP contribution in [0.2, 0.25) is 0 Å². The molecule has 0 aromatic rings. The number of rotatable bonds is 6. The average molecular weight is 227 g/mol. The summed E-state index contributed by atoms with van der Waals surface area (Å²) in [4.78, 5) is 0. The van der Waals surface area contributed by atoms with Gasteiger partial charge in [0.2, 0.25) is 0 Å². The fraction of sp³-hybridized carbons (Fsp3) is 1.00. The van der Waals surface area contributed by atoms with Crippen molar-refractivity contribution in [2.24, 2.45) is 0 Å². The first-order valence-corrected chi connectivity index (χ1v) is 6.11. The molecule has 6 N–H and O–H groups in total. The Morgan fingerprint density at radius 2 is 0.938 bits per heavy atom. The molecular formula is C9H21N7. The number of nitrogens with zero attached hydrogens (tertiary/aromatic N) is 1. The van der Waals surface area contributed by atoms with E-state index in [-0.39, 0.29) is 0 Å². The van der Waals surface area contributed by atoms with Crippen LogP contribution in [0.15, 0.2) is 0 Å². The minimum absolute atomic E-state index is 0.543. The summed E-state index contributed by atoms with van der Waals surface area (Å²) in [5.41, 5.74) is 10.3. The molecule has 3 aliphatic rings. The normalized spacial score (nSPS) is 27.6. The zero-order chi connectivity index (χ0) is 10.8. The van der Waals surface area contributed by atoms with Crippen LogP contribution in [0.3, 0.4) is 0 Å². The summed E-state index contributed by atoms with van der Waals surface area (Å²) < 4.78 is 0. The van der Waals surface area contributed by atoms with E-state index in [1.54, 1.807) is 0 Å². The maximum absolute atomic E-state index is 3.44. The third kappa shape index (κ3) is 2.51. The third-order valence-corrected chi connectivity index (χ3v) is 3.28. The first-order chi connectivity index (χ1) is 7.90. The van der Waals surface area contributed by atoms with Gasteiger partial charge in [-0.2, -0.15) is 0 Å². The second-order valence-corrected chi connectivity index (χ2v) is 4.79. The Morgan fingerprint density at radius 3 is 1.12 bits per heavy atom. The van der Waals surface area contributed by atoms with Gasteiger partial charge in [0.25, 0.3) is 0 Å². The largest absolute Gasteiger partial charge is 0.313 e. The van der Waals surface area contributed by atoms with Crippen molar-refractivity contribution in [3.8, 4) is 0 Å². The zero-order valence-corrected chi connectivity index (χ0v) is 9.42. The van der Waals surface area contributed by atoms with Crippen molar-refractivity contribution >= 4 is 0 Å². The number of nitrogens with one attached hydrogen (secondary N) is 6. The molecule has 0 aliphatic carbocycles. The monoisotopic (exact) mass is 227 g/mol. The van der Waals surface area contributed by atoms with Gasteiger partial charge in [0.05, 0.1) is 0 Å². The smallest absolute Gasteiger partial charge is 0.0491 e. The fourth-order valence-electron chi connectivity index (χ4n) is 1.80. The molecule has 0 atom stereocenters. The van der Waals surface area contributed by atoms with Gasteiger partial charge in [0, 0.05) is 57.4 Å². The van der Waals surface area contributed by atoms with E-state index in [1.165, 1.54) is 0 Å². The molecule has 0 bridgehead atoms. The third-order valence-electron chi connectivity index (χ3n) is 3.28. The van der Waals surface area contributed by atoms with E-state index in [9.17, 15) is 0 Å². The van der Waals surface area contributed by atoms with Crippen LogP contribution in [0, 0.1) is 0 Å². The van der Waals surface area contributed by atoms with Crippen molar-refractivity contribution in [1.29, 1.82) is 0 Å². The molecule has 0 spiro atoms. The van der Waals surface area contributed by atoms with Crippen LogP contribution in [0.5, 0.6) is 0 Å². The summed E-state index contributed by atoms with van der Waals surface area (Å²) in [6, 6.07) is 1.63. The molecule has 0 aromatic carbocycles. The van der Waals surface area contributed by atoms with Gasteiger partial charge < -0.3 is 16.0 Å². The lowest BCUT2D eigenvalue weighted by Crippen LogP contribution is -2.74. The van der Waals surface area contributed by atoms with E-state index in [0.717, 1.165) is 39.3 Å². The summed E-state index contributed by atoms with van der Waals surface area (Å²) in [7, 11) is 0. The standard InChI is InChI=1S/C9H21N7/c1-7(2-10-1)13-16(14-8-3-11-4-8)15-9-5-12-6-9/h7-15H,1-6H2. The van der Waals surface area contributed by atoms with Gasteiger partial charge in [-0.1, -0.05) is 0 Å². The molecule has 3 fully saturated rings. The van der Waals surface area contributed by atoms with E-state index in [4.69, 9.17) is 0 Å². The molecule has 3 rings (SSSR count). The highest BCUT2D eigenvalue weighted by molar-refractivity contribution is 4.85. The summed E-state index contributed by atoms with van der Waals surface area (Å²) in [6.45, 7) is 6.28. The quantitative estimate of drug-likeness (QED) is 0.266. The number of hydrazine groups is 3. The highest BCUT2D eigenvalue weighted by Crippen LogP contribution is 1.97. The molecule has 16 heavy (non-hydrogen) atoms. The Bertz CT molecular complexity index is 186. The Balaban J connectivity index is 1.44. The topological polar surface area (TPSA) is 75.4 Å². The minimum Gasteiger partial charge on any atom is -0.313 e. The molecule has 7 heteroatoms. The minimum atomic E-state index is 0.543. The Kier molecular flexibility index (Phi) is 3.34. The molecule has 92 valence electrons. The molecule has 3 aliphatic heterocycles. The maximum atomic E-state index is 3.44. The van der Waals surface area contributed by atoms with Gasteiger partial charge in [-0.3, -0.25) is 0 Å². The van der Waals surface area contributed by atoms with Gasteiger partial charge in [-0.25, -0.2) is 16.3 Å². The van der Waals surface area contributed by atoms with Crippen molar-refractivity contribution in [3.05, 3.63) is 0 Å². The van der Waals surface area contributed by atoms with E-state index < -0.39 is 0 Å². The highest BCUT2D eigenvalue weighted by atomic mass is 15.9. The Labute approximate surface area is 95.6 Å². The zero-order valence-electron chi connectivity index (χ0n) is 9.42. The van der Waals surface area contributed by atoms with Crippen molar-refractivity contribution < 1.29 is 0 Å². The highest BCUT2D eigenvalue weighted by Gasteiger charge is 2.26. The molecule has 0 radical (unpaired) electrons. The van der Waals surface area contributed by atoms with Crippen molar-refractivity contribution in [2.75, 3.05) is 39.3 Å². The van der Waals surface area contributed by atoms with Crippen LogP contribution in [-0.4, -0.2) is 62.6 Å². The van der Waals surface area contributed by atoms with Gasteiger partial charge in [-0.05, 0) is 0 Å². The first kappa shape index (κ1) is 10.8. The first-order valence-electron chi connectivity index (χ1n) is 6.11. The van der Waals surface area contributed by atoms with E-state index in [0.29, 0.717) is 18.1 Å². The lowest BCUT2D eigenvalue weighted by atomic mass is 10.2. The van der Waals surface area contributed by atoms with Crippen LogP contribution in [0.4, 0.5) is 0 Å². The SMILES string of the molecule is C1NCC1NN(NC1CNC1)NC1CNC1. The van der Waals surface area contributed by atoms with E-state index in [1.807, 2.05) is 5.23 Å². The maximum Gasteiger partial charge on any atom is 0.0491 e. The summed E-state index contributed by atoms with van der Waals surface area (Å²) in [5.74, 6) is 0. The predicted molar refractivity (Wildman–Crippen MR) is 61.2 cm³/mol. The van der Waals surface area contributed by atoms with Crippen LogP contribution >= 0.6 is 0 Å². The number of hydrogen-bond acceptors (Lipinski definition) is 7. The number of hydrogen-bond donors (Lipinski definition) is 6. The molecule has 3 heterocycles. The Morgan fingerprint density at radius 1 is 0.625 bits per heavy atom. The second kappa shape index (κ2) is 4.92. The van der Waals surface area contributed by atoms with Crippen LogP contribution in [0.1, 0.15) is 0 Å². The molecule has 0 unspecified atom stereocenters. The van der Waals surface area contributed by atoms with Crippen LogP contribution in [-0.2, 0) is 0 Å². The van der Waals surface area contributed by atoms with Gasteiger partial charge in [0.1, 0.15) is 0 Å². The van der Waals surface area contributed by atoms with Crippen molar-refractivity contribution in [2.45, 2.75) is 18.1 Å². The average Bonchev–Trinajstić information content (AvgIpc) is 2.08. The lowest BCUT2D eigenvalue weighted by molar-refractivity contribution is -0.0256. The molecule has 0 amide bonds. The van der Waals surface area contributed by atoms with Gasteiger partial charge in [0.15, 0.2) is 0 Å². The van der Waals surface area contributed by atoms with Gasteiger partial charge >= 0.3 is 0 Å². The van der Waals surface area contributed by atoms with E-state index in [2.05, 4.69) is 32.2 Å². The van der Waals surface area contributed by atoms with Crippen molar-refractivity contribution in [3.63, 3.8) is 0 Å². The molecular weight excluding hydrogens is 206 g/mol. The second-order valence-electron chi connectivity index (χ2n) is 4.79.